The molecule has 0 bridgehead atoms. The lowest BCUT2D eigenvalue weighted by Gasteiger charge is -2.14. The Morgan fingerprint density at radius 2 is 1.71 bits per heavy atom. The summed E-state index contributed by atoms with van der Waals surface area (Å²) in [6, 6.07) is 0.148. The molecule has 114 valence electrons. The number of hydrogen-bond acceptors (Lipinski definition) is 4. The van der Waals surface area contributed by atoms with Crippen molar-refractivity contribution < 1.29 is 26.3 Å². The van der Waals surface area contributed by atoms with E-state index in [1.165, 1.54) is 0 Å². The summed E-state index contributed by atoms with van der Waals surface area (Å²) in [7, 11) is 0. The number of hydrogen-bond donors (Lipinski definition) is 2. The van der Waals surface area contributed by atoms with Crippen molar-refractivity contribution >= 4 is 11.3 Å². The number of nitrogens with zero attached hydrogens (tertiary/aromatic N) is 1. The number of halogens is 6. The molecule has 1 heterocycles. The average Bonchev–Trinajstić information content (AvgIpc) is 2.86. The van der Waals surface area contributed by atoms with E-state index in [9.17, 15) is 26.3 Å². The Kier molecular flexibility index (Phi) is 4.21. The second-order valence-corrected chi connectivity index (χ2v) is 5.03. The maximum Gasteiger partial charge on any atom is 0.443 e. The van der Waals surface area contributed by atoms with Crippen LogP contribution in [-0.4, -0.2) is 4.98 Å². The van der Waals surface area contributed by atoms with Gasteiger partial charge in [-0.25, -0.2) is 23.6 Å². The monoisotopic (exact) mass is 327 g/mol. The molecule has 0 aliphatic carbocycles. The van der Waals surface area contributed by atoms with Crippen LogP contribution in [0.15, 0.2) is 18.3 Å². The fourth-order valence-corrected chi connectivity index (χ4v) is 2.51. The van der Waals surface area contributed by atoms with Gasteiger partial charge in [0.05, 0.1) is 6.04 Å². The highest BCUT2D eigenvalue weighted by molar-refractivity contribution is 7.11. The van der Waals surface area contributed by atoms with Gasteiger partial charge < -0.3 is 0 Å². The minimum absolute atomic E-state index is 0.0183. The van der Waals surface area contributed by atoms with Gasteiger partial charge in [-0.2, -0.15) is 13.2 Å². The molecule has 1 aromatic carbocycles. The molecule has 3 nitrogen and oxygen atoms in total. The van der Waals surface area contributed by atoms with E-state index in [0.29, 0.717) is 12.1 Å². The highest BCUT2D eigenvalue weighted by Gasteiger charge is 2.35. The second kappa shape index (κ2) is 5.62. The molecule has 0 spiro atoms. The topological polar surface area (TPSA) is 50.9 Å². The molecule has 10 heteroatoms. The Balaban J connectivity index is 2.43. The average molecular weight is 327 g/mol. The standard InChI is InChI=1S/C11H7F6N3S/c12-5-1-4(2-6(13)8(5)14)9(20-18)7-3-19-10(21-7)11(15,16)17/h1-3,9,20H,18H2. The van der Waals surface area contributed by atoms with Gasteiger partial charge in [0.1, 0.15) is 0 Å². The summed E-state index contributed by atoms with van der Waals surface area (Å²) in [5.41, 5.74) is 1.96. The molecule has 0 fully saturated rings. The van der Waals surface area contributed by atoms with E-state index in [4.69, 9.17) is 5.84 Å². The molecular weight excluding hydrogens is 320 g/mol. The highest BCUT2D eigenvalue weighted by Crippen LogP contribution is 2.36. The van der Waals surface area contributed by atoms with Crippen LogP contribution < -0.4 is 11.3 Å². The fourth-order valence-electron chi connectivity index (χ4n) is 1.64. The van der Waals surface area contributed by atoms with Crippen molar-refractivity contribution in [2.24, 2.45) is 5.84 Å². The zero-order valence-corrected chi connectivity index (χ0v) is 10.8. The first kappa shape index (κ1) is 15.7. The molecule has 0 amide bonds. The van der Waals surface area contributed by atoms with Crippen molar-refractivity contribution in [2.75, 3.05) is 0 Å². The predicted molar refractivity (Wildman–Crippen MR) is 62.6 cm³/mol. The van der Waals surface area contributed by atoms with Crippen LogP contribution in [-0.2, 0) is 6.18 Å². The van der Waals surface area contributed by atoms with Crippen molar-refractivity contribution in [3.8, 4) is 0 Å². The number of thiazole rings is 1. The summed E-state index contributed by atoms with van der Waals surface area (Å²) >= 11 is 0.266. The molecule has 21 heavy (non-hydrogen) atoms. The Labute approximate surface area is 118 Å². The van der Waals surface area contributed by atoms with Crippen LogP contribution in [0.2, 0.25) is 0 Å². The van der Waals surface area contributed by atoms with Gasteiger partial charge >= 0.3 is 6.18 Å². The van der Waals surface area contributed by atoms with E-state index < -0.39 is 34.7 Å². The van der Waals surface area contributed by atoms with Crippen LogP contribution in [0.5, 0.6) is 0 Å². The number of benzene rings is 1. The second-order valence-electron chi connectivity index (χ2n) is 3.96. The first-order valence-corrected chi connectivity index (χ1v) is 6.19. The summed E-state index contributed by atoms with van der Waals surface area (Å²) in [5.74, 6) is 0.597. The highest BCUT2D eigenvalue weighted by atomic mass is 32.1. The molecule has 0 saturated carbocycles. The van der Waals surface area contributed by atoms with Crippen LogP contribution in [0.4, 0.5) is 26.3 Å². The zero-order valence-electron chi connectivity index (χ0n) is 10.0. The van der Waals surface area contributed by atoms with Crippen LogP contribution in [0, 0.1) is 17.5 Å². The third kappa shape index (κ3) is 3.17. The third-order valence-electron chi connectivity index (χ3n) is 2.56. The number of alkyl halides is 3. The molecule has 0 aliphatic heterocycles. The van der Waals surface area contributed by atoms with Gasteiger partial charge in [-0.05, 0) is 17.7 Å². The Bertz CT molecular complexity index is 631. The minimum atomic E-state index is -4.64. The van der Waals surface area contributed by atoms with Gasteiger partial charge in [-0.1, -0.05) is 0 Å². The maximum absolute atomic E-state index is 13.2. The first-order valence-electron chi connectivity index (χ1n) is 5.37. The lowest BCUT2D eigenvalue weighted by molar-refractivity contribution is -0.137. The fraction of sp³-hybridized carbons (Fsp3) is 0.182. The van der Waals surface area contributed by atoms with Crippen molar-refractivity contribution in [3.05, 3.63) is 51.2 Å². The summed E-state index contributed by atoms with van der Waals surface area (Å²) in [6.45, 7) is 0. The Morgan fingerprint density at radius 3 is 2.14 bits per heavy atom. The van der Waals surface area contributed by atoms with Gasteiger partial charge in [0, 0.05) is 11.1 Å². The van der Waals surface area contributed by atoms with Crippen LogP contribution in [0.1, 0.15) is 21.5 Å². The molecule has 1 unspecified atom stereocenters. The van der Waals surface area contributed by atoms with Crippen LogP contribution in [0.25, 0.3) is 0 Å². The summed E-state index contributed by atoms with van der Waals surface area (Å²) in [6.07, 6.45) is -3.75. The molecular formula is C11H7F6N3S. The molecule has 2 aromatic rings. The van der Waals surface area contributed by atoms with Crippen molar-refractivity contribution in [1.29, 1.82) is 0 Å². The van der Waals surface area contributed by atoms with Crippen molar-refractivity contribution in [3.63, 3.8) is 0 Å². The summed E-state index contributed by atoms with van der Waals surface area (Å²) < 4.78 is 76.7. The van der Waals surface area contributed by atoms with E-state index in [0.717, 1.165) is 6.20 Å². The number of aromatic nitrogens is 1. The maximum atomic E-state index is 13.2. The molecule has 0 aliphatic rings. The van der Waals surface area contributed by atoms with Gasteiger partial charge in [0.2, 0.25) is 0 Å². The number of hydrazine groups is 1. The van der Waals surface area contributed by atoms with E-state index in [1.54, 1.807) is 0 Å². The SMILES string of the molecule is NNC(c1cc(F)c(F)c(F)c1)c1cnc(C(F)(F)F)s1. The van der Waals surface area contributed by atoms with Gasteiger partial charge in [-0.3, -0.25) is 5.84 Å². The number of nitrogens with one attached hydrogen (secondary N) is 1. The third-order valence-corrected chi connectivity index (χ3v) is 3.66. The molecule has 3 N–H and O–H groups in total. The van der Waals surface area contributed by atoms with Crippen molar-refractivity contribution in [2.45, 2.75) is 12.2 Å². The van der Waals surface area contributed by atoms with Gasteiger partial charge in [-0.15, -0.1) is 11.3 Å². The molecule has 1 aromatic heterocycles. The molecule has 0 radical (unpaired) electrons. The van der Waals surface area contributed by atoms with Gasteiger partial charge in [0.25, 0.3) is 0 Å². The Morgan fingerprint density at radius 1 is 1.14 bits per heavy atom. The molecule has 0 saturated heterocycles. The lowest BCUT2D eigenvalue weighted by Crippen LogP contribution is -2.28. The quantitative estimate of drug-likeness (QED) is 0.394. The minimum Gasteiger partial charge on any atom is -0.271 e. The number of rotatable bonds is 3. The summed E-state index contributed by atoms with van der Waals surface area (Å²) in [5, 5.41) is -1.12. The summed E-state index contributed by atoms with van der Waals surface area (Å²) in [4.78, 5) is 3.16. The molecule has 2 rings (SSSR count). The largest absolute Gasteiger partial charge is 0.443 e. The van der Waals surface area contributed by atoms with E-state index in [-0.39, 0.29) is 21.8 Å². The van der Waals surface area contributed by atoms with Crippen molar-refractivity contribution in [1.82, 2.24) is 10.4 Å². The number of nitrogens with two attached hydrogens (primary N) is 1. The van der Waals surface area contributed by atoms with E-state index in [1.807, 2.05) is 0 Å². The molecule has 1 atom stereocenters. The first-order chi connectivity index (χ1) is 9.74. The Hall–Kier alpha value is -1.65. The normalized spacial score (nSPS) is 13.5. The van der Waals surface area contributed by atoms with E-state index in [2.05, 4.69) is 10.4 Å². The van der Waals surface area contributed by atoms with Crippen LogP contribution >= 0.6 is 11.3 Å². The predicted octanol–water partition coefficient (Wildman–Crippen LogP) is 3.13. The smallest absolute Gasteiger partial charge is 0.271 e. The lowest BCUT2D eigenvalue weighted by atomic mass is 10.1. The van der Waals surface area contributed by atoms with Gasteiger partial charge in [0.15, 0.2) is 22.5 Å². The van der Waals surface area contributed by atoms with E-state index >= 15 is 0 Å². The zero-order chi connectivity index (χ0) is 15.8. The van der Waals surface area contributed by atoms with Crippen LogP contribution in [0.3, 0.4) is 0 Å².